The van der Waals surface area contributed by atoms with E-state index in [-0.39, 0.29) is 24.2 Å². The highest BCUT2D eigenvalue weighted by Crippen LogP contribution is 2.25. The molecule has 2 aromatic rings. The number of alkyl carbamates (subject to hydrolysis) is 1. The second-order valence-electron chi connectivity index (χ2n) is 11.0. The first kappa shape index (κ1) is 30.1. The maximum atomic E-state index is 13.3. The van der Waals surface area contributed by atoms with Gasteiger partial charge in [0, 0.05) is 32.5 Å². The Morgan fingerprint density at radius 2 is 1.56 bits per heavy atom. The average molecular weight is 556 g/mol. The fraction of sp³-hybridized carbons (Fsp3) is 0.483. The fourth-order valence-electron chi connectivity index (χ4n) is 4.23. The lowest BCUT2D eigenvalue weighted by atomic mass is 9.88. The van der Waals surface area contributed by atoms with E-state index in [1.165, 1.54) is 0 Å². The highest BCUT2D eigenvalue weighted by molar-refractivity contribution is 7.92. The molecule has 0 spiro atoms. The van der Waals surface area contributed by atoms with Crippen LogP contribution in [0.4, 0.5) is 4.79 Å². The highest BCUT2D eigenvalue weighted by atomic mass is 32.2. The van der Waals surface area contributed by atoms with Crippen LogP contribution in [-0.4, -0.2) is 56.1 Å². The van der Waals surface area contributed by atoms with Crippen molar-refractivity contribution in [1.29, 1.82) is 5.26 Å². The van der Waals surface area contributed by atoms with Gasteiger partial charge in [-0.1, -0.05) is 36.4 Å². The van der Waals surface area contributed by atoms with E-state index in [1.54, 1.807) is 58.9 Å². The number of benzene rings is 2. The number of hydrogen-bond donors (Lipinski definition) is 2. The summed E-state index contributed by atoms with van der Waals surface area (Å²) in [6, 6.07) is 15.6. The topological polar surface area (TPSA) is 135 Å². The van der Waals surface area contributed by atoms with Gasteiger partial charge in [-0.3, -0.25) is 4.79 Å². The van der Waals surface area contributed by atoms with E-state index < -0.39 is 44.3 Å². The maximum Gasteiger partial charge on any atom is 0.408 e. The van der Waals surface area contributed by atoms with Crippen molar-refractivity contribution in [1.82, 2.24) is 10.6 Å². The van der Waals surface area contributed by atoms with Gasteiger partial charge in [0.05, 0.1) is 16.2 Å². The number of amides is 2. The smallest absolute Gasteiger partial charge is 0.408 e. The molecule has 0 unspecified atom stereocenters. The third-order valence-corrected chi connectivity index (χ3v) is 8.68. The van der Waals surface area contributed by atoms with Crippen molar-refractivity contribution in [3.8, 4) is 17.2 Å². The van der Waals surface area contributed by atoms with E-state index in [2.05, 4.69) is 16.7 Å². The molecule has 1 saturated heterocycles. The van der Waals surface area contributed by atoms with E-state index >= 15 is 0 Å². The molecule has 10 heteroatoms. The minimum Gasteiger partial charge on any atom is -0.444 e. The number of carbonyl (C=O) groups is 2. The lowest BCUT2D eigenvalue weighted by molar-refractivity contribution is -0.132. The largest absolute Gasteiger partial charge is 0.444 e. The summed E-state index contributed by atoms with van der Waals surface area (Å²) in [5.74, 6) is -0.448. The van der Waals surface area contributed by atoms with Crippen molar-refractivity contribution in [2.24, 2.45) is 0 Å². The average Bonchev–Trinajstić information content (AvgIpc) is 2.88. The molecule has 0 bridgehead atoms. The molecule has 1 aliphatic rings. The Morgan fingerprint density at radius 1 is 1.03 bits per heavy atom. The number of hydrogen-bond acceptors (Lipinski definition) is 7. The standard InChI is InChI=1S/C29H37N3O6S/c1-20(2)39(35,36)25-12-10-23(11-13-25)22-8-6-21(7-9-22)18-24(19-30)31-26(33)29(14-16-37-17-15-29)32-27(34)38-28(3,4)5/h6-13,20,24H,14-18H2,1-5H3,(H,31,33)(H,32,34)/t24-/m0/s1. The van der Waals surface area contributed by atoms with Crippen LogP contribution in [0.5, 0.6) is 0 Å². The Kier molecular flexibility index (Phi) is 9.41. The molecule has 3 rings (SSSR count). The molecule has 1 heterocycles. The number of nitrogens with zero attached hydrogens (tertiary/aromatic N) is 1. The van der Waals surface area contributed by atoms with Crippen LogP contribution in [-0.2, 0) is 30.5 Å². The van der Waals surface area contributed by atoms with Gasteiger partial charge >= 0.3 is 6.09 Å². The molecule has 39 heavy (non-hydrogen) atoms. The lowest BCUT2D eigenvalue weighted by Crippen LogP contribution is -2.63. The van der Waals surface area contributed by atoms with Crippen molar-refractivity contribution >= 4 is 21.8 Å². The summed E-state index contributed by atoms with van der Waals surface area (Å²) < 4.78 is 35.5. The highest BCUT2D eigenvalue weighted by Gasteiger charge is 2.43. The summed E-state index contributed by atoms with van der Waals surface area (Å²) in [5.41, 5.74) is 0.652. The first-order valence-electron chi connectivity index (χ1n) is 13.0. The second-order valence-corrected chi connectivity index (χ2v) is 13.5. The molecule has 1 aliphatic heterocycles. The normalized spacial score (nSPS) is 16.1. The molecule has 210 valence electrons. The Balaban J connectivity index is 1.68. The van der Waals surface area contributed by atoms with E-state index in [9.17, 15) is 23.3 Å². The minimum absolute atomic E-state index is 0.266. The Hall–Kier alpha value is -3.42. The summed E-state index contributed by atoms with van der Waals surface area (Å²) >= 11 is 0. The van der Waals surface area contributed by atoms with E-state index in [1.807, 2.05) is 24.3 Å². The van der Waals surface area contributed by atoms with Crippen LogP contribution in [0.2, 0.25) is 0 Å². The summed E-state index contributed by atoms with van der Waals surface area (Å²) in [7, 11) is -3.34. The number of rotatable bonds is 8. The van der Waals surface area contributed by atoms with Gasteiger partial charge in [0.15, 0.2) is 9.84 Å². The van der Waals surface area contributed by atoms with Gasteiger partial charge in [-0.15, -0.1) is 0 Å². The first-order chi connectivity index (χ1) is 18.3. The number of nitrogens with one attached hydrogen (secondary N) is 2. The number of carbonyl (C=O) groups excluding carboxylic acids is 2. The van der Waals surface area contributed by atoms with Gasteiger partial charge in [0.2, 0.25) is 5.91 Å². The minimum atomic E-state index is -3.34. The molecule has 2 N–H and O–H groups in total. The zero-order valence-electron chi connectivity index (χ0n) is 23.1. The van der Waals surface area contributed by atoms with E-state index in [0.29, 0.717) is 13.2 Å². The van der Waals surface area contributed by atoms with Crippen LogP contribution in [0.15, 0.2) is 53.4 Å². The van der Waals surface area contributed by atoms with Gasteiger partial charge in [0.1, 0.15) is 17.2 Å². The molecule has 1 fully saturated rings. The number of sulfone groups is 1. The molecular weight excluding hydrogens is 518 g/mol. The van der Waals surface area contributed by atoms with Gasteiger partial charge in [-0.05, 0) is 63.4 Å². The van der Waals surface area contributed by atoms with Crippen LogP contribution < -0.4 is 10.6 Å². The van der Waals surface area contributed by atoms with Crippen LogP contribution >= 0.6 is 0 Å². The Morgan fingerprint density at radius 3 is 2.05 bits per heavy atom. The first-order valence-corrected chi connectivity index (χ1v) is 14.5. The van der Waals surface area contributed by atoms with Crippen molar-refractivity contribution in [3.63, 3.8) is 0 Å². The predicted octanol–water partition coefficient (Wildman–Crippen LogP) is 4.16. The molecule has 0 radical (unpaired) electrons. The molecule has 0 saturated carbocycles. The zero-order chi connectivity index (χ0) is 28.8. The molecule has 9 nitrogen and oxygen atoms in total. The third kappa shape index (κ3) is 7.80. The monoisotopic (exact) mass is 555 g/mol. The van der Waals surface area contributed by atoms with Crippen molar-refractivity contribution < 1.29 is 27.5 Å². The predicted molar refractivity (Wildman–Crippen MR) is 148 cm³/mol. The zero-order valence-corrected chi connectivity index (χ0v) is 23.9. The van der Waals surface area contributed by atoms with E-state index in [0.717, 1.165) is 16.7 Å². The van der Waals surface area contributed by atoms with Crippen molar-refractivity contribution in [2.45, 2.75) is 81.2 Å². The quantitative estimate of drug-likeness (QED) is 0.499. The molecular formula is C29H37N3O6S. The second kappa shape index (κ2) is 12.2. The summed E-state index contributed by atoms with van der Waals surface area (Å²) in [6.07, 6.45) is 0.107. The summed E-state index contributed by atoms with van der Waals surface area (Å²) in [4.78, 5) is 26.1. The third-order valence-electron chi connectivity index (χ3n) is 6.51. The SMILES string of the molecule is CC(C)S(=O)(=O)c1ccc(-c2ccc(C[C@@H](C#N)NC(=O)C3(NC(=O)OC(C)(C)C)CCOCC3)cc2)cc1. The molecule has 0 aromatic heterocycles. The Labute approximate surface area is 230 Å². The van der Waals surface area contributed by atoms with Crippen LogP contribution in [0.3, 0.4) is 0 Å². The maximum absolute atomic E-state index is 13.3. The van der Waals surface area contributed by atoms with Crippen LogP contribution in [0, 0.1) is 11.3 Å². The van der Waals surface area contributed by atoms with Gasteiger partial charge in [0.25, 0.3) is 0 Å². The van der Waals surface area contributed by atoms with Crippen molar-refractivity contribution in [2.75, 3.05) is 13.2 Å². The molecule has 2 amide bonds. The molecule has 1 atom stereocenters. The van der Waals surface area contributed by atoms with Crippen molar-refractivity contribution in [3.05, 3.63) is 54.1 Å². The van der Waals surface area contributed by atoms with Crippen LogP contribution in [0.1, 0.15) is 53.0 Å². The van der Waals surface area contributed by atoms with Gasteiger partial charge in [-0.2, -0.15) is 5.26 Å². The Bertz CT molecular complexity index is 1300. The lowest BCUT2D eigenvalue weighted by Gasteiger charge is -2.37. The van der Waals surface area contributed by atoms with Crippen LogP contribution in [0.25, 0.3) is 11.1 Å². The fourth-order valence-corrected chi connectivity index (χ4v) is 5.29. The van der Waals surface area contributed by atoms with Gasteiger partial charge in [-0.25, -0.2) is 13.2 Å². The van der Waals surface area contributed by atoms with E-state index in [4.69, 9.17) is 9.47 Å². The van der Waals surface area contributed by atoms with Gasteiger partial charge < -0.3 is 20.1 Å². The molecule has 2 aromatic carbocycles. The number of ether oxygens (including phenoxy) is 2. The molecule has 0 aliphatic carbocycles. The summed E-state index contributed by atoms with van der Waals surface area (Å²) in [5, 5.41) is 14.8. The number of nitriles is 1. The summed E-state index contributed by atoms with van der Waals surface area (Å²) in [6.45, 7) is 9.13.